The number of halogens is 2. The number of rotatable bonds is 8. The van der Waals surface area contributed by atoms with Gasteiger partial charge in [0.1, 0.15) is 23.9 Å². The molecule has 0 aliphatic heterocycles. The van der Waals surface area contributed by atoms with Crippen LogP contribution in [0.25, 0.3) is 11.5 Å². The fourth-order valence-electron chi connectivity index (χ4n) is 3.09. The Morgan fingerprint density at radius 2 is 1.82 bits per heavy atom. The summed E-state index contributed by atoms with van der Waals surface area (Å²) in [6.07, 6.45) is 0. The maximum atomic E-state index is 13.1. The Morgan fingerprint density at radius 1 is 1.06 bits per heavy atom. The van der Waals surface area contributed by atoms with Crippen molar-refractivity contribution in [2.45, 2.75) is 33.0 Å². The number of amides is 1. The molecule has 0 saturated carbocycles. The third-order valence-electron chi connectivity index (χ3n) is 4.83. The highest BCUT2D eigenvalue weighted by molar-refractivity contribution is 6.33. The van der Waals surface area contributed by atoms with Gasteiger partial charge in [0.15, 0.2) is 5.76 Å². The van der Waals surface area contributed by atoms with Crippen molar-refractivity contribution in [1.82, 2.24) is 15.1 Å². The van der Waals surface area contributed by atoms with E-state index in [1.807, 2.05) is 26.0 Å². The van der Waals surface area contributed by atoms with Gasteiger partial charge in [-0.25, -0.2) is 4.39 Å². The van der Waals surface area contributed by atoms with Crippen LogP contribution < -0.4 is 4.74 Å². The lowest BCUT2D eigenvalue weighted by molar-refractivity contribution is 0.0635. The number of hydrogen-bond donors (Lipinski definition) is 0. The average Bonchev–Trinajstić information content (AvgIpc) is 3.47. The summed E-state index contributed by atoms with van der Waals surface area (Å²) < 4.78 is 30.0. The Balaban J connectivity index is 1.44. The van der Waals surface area contributed by atoms with Crippen molar-refractivity contribution >= 4 is 17.5 Å². The van der Waals surface area contributed by atoms with Crippen LogP contribution in [0, 0.1) is 5.82 Å². The Kier molecular flexibility index (Phi) is 6.74. The Labute approximate surface area is 194 Å². The van der Waals surface area contributed by atoms with Crippen LogP contribution in [0.2, 0.25) is 5.02 Å². The van der Waals surface area contributed by atoms with Gasteiger partial charge in [-0.2, -0.15) is 0 Å². The minimum Gasteiger partial charge on any atom is -0.486 e. The van der Waals surface area contributed by atoms with Crippen LogP contribution in [0.15, 0.2) is 69.5 Å². The molecule has 0 fully saturated rings. The van der Waals surface area contributed by atoms with Gasteiger partial charge in [-0.05, 0) is 62.4 Å². The van der Waals surface area contributed by atoms with Crippen molar-refractivity contribution in [2.24, 2.45) is 0 Å². The summed E-state index contributed by atoms with van der Waals surface area (Å²) in [7, 11) is 0. The predicted molar refractivity (Wildman–Crippen MR) is 119 cm³/mol. The summed E-state index contributed by atoms with van der Waals surface area (Å²) in [5.41, 5.74) is 0.622. The molecular formula is C24H21ClFN3O4. The van der Waals surface area contributed by atoms with Crippen LogP contribution in [-0.4, -0.2) is 27.0 Å². The average molecular weight is 470 g/mol. The zero-order valence-corrected chi connectivity index (χ0v) is 18.8. The van der Waals surface area contributed by atoms with Crippen LogP contribution in [0.4, 0.5) is 4.39 Å². The molecule has 0 radical (unpaired) electrons. The van der Waals surface area contributed by atoms with Crippen LogP contribution in [0.3, 0.4) is 0 Å². The lowest BCUT2D eigenvalue weighted by atomic mass is 10.2. The fraction of sp³-hybridized carbons (Fsp3) is 0.208. The van der Waals surface area contributed by atoms with Gasteiger partial charge < -0.3 is 18.5 Å². The molecule has 0 atom stereocenters. The first-order valence-corrected chi connectivity index (χ1v) is 10.6. The second-order valence-electron chi connectivity index (χ2n) is 7.52. The molecule has 4 aromatic rings. The van der Waals surface area contributed by atoms with Gasteiger partial charge in [-0.1, -0.05) is 23.7 Å². The van der Waals surface area contributed by atoms with E-state index in [0.717, 1.165) is 0 Å². The van der Waals surface area contributed by atoms with E-state index in [4.69, 9.17) is 25.2 Å². The molecule has 2 aromatic carbocycles. The molecule has 0 aliphatic carbocycles. The number of carbonyl (C=O) groups is 1. The second-order valence-corrected chi connectivity index (χ2v) is 7.92. The molecule has 0 N–H and O–H groups in total. The van der Waals surface area contributed by atoms with Crippen molar-refractivity contribution in [3.05, 3.63) is 88.9 Å². The van der Waals surface area contributed by atoms with Crippen LogP contribution in [0.5, 0.6) is 5.75 Å². The zero-order chi connectivity index (χ0) is 23.4. The number of benzene rings is 2. The zero-order valence-electron chi connectivity index (χ0n) is 18.0. The number of nitrogens with zero attached hydrogens (tertiary/aromatic N) is 3. The van der Waals surface area contributed by atoms with Gasteiger partial charge in [-0.3, -0.25) is 4.79 Å². The fourth-order valence-corrected chi connectivity index (χ4v) is 3.31. The number of aromatic nitrogens is 2. The first kappa shape index (κ1) is 22.5. The third kappa shape index (κ3) is 5.40. The molecule has 9 heteroatoms. The first-order valence-electron chi connectivity index (χ1n) is 10.3. The third-order valence-corrected chi connectivity index (χ3v) is 5.16. The lowest BCUT2D eigenvalue weighted by Gasteiger charge is -2.24. The molecule has 2 aromatic heterocycles. The SMILES string of the molecule is CC(C)N(Cc1nnc(-c2ccccc2Cl)o1)C(=O)c1ccc(COc2ccc(F)cc2)o1. The number of ether oxygens (including phenoxy) is 1. The summed E-state index contributed by atoms with van der Waals surface area (Å²) in [5, 5.41) is 8.61. The van der Waals surface area contributed by atoms with Gasteiger partial charge in [0.25, 0.3) is 5.91 Å². The number of carbonyl (C=O) groups excluding carboxylic acids is 1. The van der Waals surface area contributed by atoms with Crippen molar-refractivity contribution in [3.63, 3.8) is 0 Å². The standard InChI is InChI=1S/C24H21ClFN3O4/c1-15(2)29(13-22-27-28-23(33-22)19-5-3-4-6-20(19)25)24(30)21-12-11-18(32-21)14-31-17-9-7-16(26)8-10-17/h3-12,15H,13-14H2,1-2H3. The summed E-state index contributed by atoms with van der Waals surface area (Å²) in [6.45, 7) is 3.97. The molecule has 7 nitrogen and oxygen atoms in total. The molecule has 0 aliphatic rings. The summed E-state index contributed by atoms with van der Waals surface area (Å²) in [5.74, 6) is 1.01. The highest BCUT2D eigenvalue weighted by Crippen LogP contribution is 2.27. The normalized spacial score (nSPS) is 11.1. The van der Waals surface area contributed by atoms with E-state index in [0.29, 0.717) is 22.1 Å². The molecular weight excluding hydrogens is 449 g/mol. The molecule has 4 rings (SSSR count). The molecule has 0 spiro atoms. The Bertz CT molecular complexity index is 1240. The summed E-state index contributed by atoms with van der Waals surface area (Å²) >= 11 is 6.20. The maximum Gasteiger partial charge on any atom is 0.290 e. The maximum absolute atomic E-state index is 13.1. The summed E-state index contributed by atoms with van der Waals surface area (Å²) in [4.78, 5) is 14.6. The van der Waals surface area contributed by atoms with E-state index in [1.54, 1.807) is 29.2 Å². The largest absolute Gasteiger partial charge is 0.486 e. The van der Waals surface area contributed by atoms with E-state index in [1.165, 1.54) is 24.3 Å². The van der Waals surface area contributed by atoms with Gasteiger partial charge >= 0.3 is 0 Å². The quantitative estimate of drug-likeness (QED) is 0.326. The number of hydrogen-bond acceptors (Lipinski definition) is 6. The monoisotopic (exact) mass is 469 g/mol. The molecule has 170 valence electrons. The molecule has 0 unspecified atom stereocenters. The molecule has 2 heterocycles. The molecule has 33 heavy (non-hydrogen) atoms. The minimum atomic E-state index is -0.345. The first-order chi connectivity index (χ1) is 15.9. The van der Waals surface area contributed by atoms with Crippen molar-refractivity contribution in [2.75, 3.05) is 0 Å². The minimum absolute atomic E-state index is 0.103. The van der Waals surface area contributed by atoms with Crippen LogP contribution in [-0.2, 0) is 13.2 Å². The Hall–Kier alpha value is -3.65. The van der Waals surface area contributed by atoms with E-state index in [-0.39, 0.29) is 48.5 Å². The van der Waals surface area contributed by atoms with Crippen molar-refractivity contribution < 1.29 is 22.8 Å². The van der Waals surface area contributed by atoms with Gasteiger partial charge in [-0.15, -0.1) is 10.2 Å². The van der Waals surface area contributed by atoms with Gasteiger partial charge in [0.2, 0.25) is 11.8 Å². The topological polar surface area (TPSA) is 81.6 Å². The smallest absolute Gasteiger partial charge is 0.290 e. The molecule has 1 amide bonds. The van der Waals surface area contributed by atoms with Crippen molar-refractivity contribution in [1.29, 1.82) is 0 Å². The van der Waals surface area contributed by atoms with E-state index in [9.17, 15) is 9.18 Å². The summed E-state index contributed by atoms with van der Waals surface area (Å²) in [6, 6.07) is 15.9. The van der Waals surface area contributed by atoms with Gasteiger partial charge in [0.05, 0.1) is 17.1 Å². The van der Waals surface area contributed by atoms with E-state index >= 15 is 0 Å². The van der Waals surface area contributed by atoms with Gasteiger partial charge in [0, 0.05) is 6.04 Å². The second kappa shape index (κ2) is 9.87. The highest BCUT2D eigenvalue weighted by atomic mass is 35.5. The highest BCUT2D eigenvalue weighted by Gasteiger charge is 2.25. The predicted octanol–water partition coefficient (Wildman–Crippen LogP) is 5.75. The van der Waals surface area contributed by atoms with Crippen LogP contribution >= 0.6 is 11.6 Å². The molecule has 0 bridgehead atoms. The van der Waals surface area contributed by atoms with Crippen molar-refractivity contribution in [3.8, 4) is 17.2 Å². The number of furan rings is 1. The van der Waals surface area contributed by atoms with E-state index in [2.05, 4.69) is 10.2 Å². The van der Waals surface area contributed by atoms with Crippen LogP contribution in [0.1, 0.15) is 36.1 Å². The lowest BCUT2D eigenvalue weighted by Crippen LogP contribution is -2.36. The Morgan fingerprint density at radius 3 is 2.55 bits per heavy atom. The van der Waals surface area contributed by atoms with E-state index < -0.39 is 0 Å². The molecule has 0 saturated heterocycles.